The minimum absolute atomic E-state index is 0.543. The standard InChI is InChI=1S/C14H25N/c1-11-8-13(10-14(2,3)9-11)15-12-6-4-5-7-12/h4-5,11-13,15H,6-10H2,1-3H3. The molecule has 86 valence electrons. The van der Waals surface area contributed by atoms with Crippen molar-refractivity contribution in [2.75, 3.05) is 0 Å². The normalized spacial score (nSPS) is 35.9. The van der Waals surface area contributed by atoms with E-state index in [4.69, 9.17) is 0 Å². The summed E-state index contributed by atoms with van der Waals surface area (Å²) in [5, 5.41) is 3.84. The van der Waals surface area contributed by atoms with Crippen LogP contribution >= 0.6 is 0 Å². The third-order valence-corrected chi connectivity index (χ3v) is 3.87. The Kier molecular flexibility index (Phi) is 3.20. The molecular weight excluding hydrogens is 182 g/mol. The van der Waals surface area contributed by atoms with E-state index in [-0.39, 0.29) is 0 Å². The maximum Gasteiger partial charge on any atom is 0.0139 e. The van der Waals surface area contributed by atoms with Crippen LogP contribution in [0.2, 0.25) is 0 Å². The average Bonchev–Trinajstić information content (AvgIpc) is 2.52. The molecule has 1 nitrogen and oxygen atoms in total. The quantitative estimate of drug-likeness (QED) is 0.683. The highest BCUT2D eigenvalue weighted by atomic mass is 15.0. The van der Waals surface area contributed by atoms with Gasteiger partial charge in [-0.15, -0.1) is 0 Å². The topological polar surface area (TPSA) is 12.0 Å². The van der Waals surface area contributed by atoms with Crippen LogP contribution in [-0.2, 0) is 0 Å². The fourth-order valence-electron chi connectivity index (χ4n) is 3.56. The molecule has 0 saturated heterocycles. The smallest absolute Gasteiger partial charge is 0.0139 e. The van der Waals surface area contributed by atoms with E-state index in [0.29, 0.717) is 5.41 Å². The van der Waals surface area contributed by atoms with E-state index < -0.39 is 0 Å². The van der Waals surface area contributed by atoms with Crippen LogP contribution in [0.15, 0.2) is 12.2 Å². The molecule has 0 aromatic heterocycles. The first-order chi connectivity index (χ1) is 7.05. The molecule has 1 saturated carbocycles. The first-order valence-electron chi connectivity index (χ1n) is 6.46. The minimum atomic E-state index is 0.543. The van der Waals surface area contributed by atoms with Crippen LogP contribution in [0.1, 0.15) is 52.9 Å². The summed E-state index contributed by atoms with van der Waals surface area (Å²) in [6.07, 6.45) is 11.2. The largest absolute Gasteiger partial charge is 0.311 e. The maximum atomic E-state index is 3.84. The first kappa shape index (κ1) is 11.2. The number of hydrogen-bond donors (Lipinski definition) is 1. The van der Waals surface area contributed by atoms with Gasteiger partial charge < -0.3 is 5.32 Å². The number of nitrogens with one attached hydrogen (secondary N) is 1. The van der Waals surface area contributed by atoms with Crippen molar-refractivity contribution < 1.29 is 0 Å². The van der Waals surface area contributed by atoms with E-state index in [9.17, 15) is 0 Å². The van der Waals surface area contributed by atoms with E-state index in [1.165, 1.54) is 32.1 Å². The predicted octanol–water partition coefficient (Wildman–Crippen LogP) is 3.51. The Balaban J connectivity index is 1.86. The van der Waals surface area contributed by atoms with E-state index in [2.05, 4.69) is 38.2 Å². The van der Waals surface area contributed by atoms with Crippen LogP contribution in [-0.4, -0.2) is 12.1 Å². The Hall–Kier alpha value is -0.300. The van der Waals surface area contributed by atoms with Gasteiger partial charge in [0.2, 0.25) is 0 Å². The van der Waals surface area contributed by atoms with E-state index in [0.717, 1.165) is 18.0 Å². The van der Waals surface area contributed by atoms with Crippen molar-refractivity contribution in [2.24, 2.45) is 11.3 Å². The zero-order chi connectivity index (χ0) is 10.9. The summed E-state index contributed by atoms with van der Waals surface area (Å²) in [4.78, 5) is 0. The van der Waals surface area contributed by atoms with Gasteiger partial charge in [-0.05, 0) is 43.4 Å². The molecule has 1 fully saturated rings. The van der Waals surface area contributed by atoms with Gasteiger partial charge in [-0.25, -0.2) is 0 Å². The highest BCUT2D eigenvalue weighted by Crippen LogP contribution is 2.38. The summed E-state index contributed by atoms with van der Waals surface area (Å²) in [5.74, 6) is 0.889. The molecule has 2 rings (SSSR count). The summed E-state index contributed by atoms with van der Waals surface area (Å²) in [6.45, 7) is 7.25. The van der Waals surface area contributed by atoms with Gasteiger partial charge in [0.05, 0.1) is 0 Å². The second-order valence-electron chi connectivity index (χ2n) is 6.42. The van der Waals surface area contributed by atoms with Crippen LogP contribution in [0.5, 0.6) is 0 Å². The van der Waals surface area contributed by atoms with Gasteiger partial charge >= 0.3 is 0 Å². The molecule has 1 N–H and O–H groups in total. The molecule has 0 radical (unpaired) electrons. The first-order valence-corrected chi connectivity index (χ1v) is 6.46. The number of hydrogen-bond acceptors (Lipinski definition) is 1. The summed E-state index contributed by atoms with van der Waals surface area (Å²) in [7, 11) is 0. The number of rotatable bonds is 2. The lowest BCUT2D eigenvalue weighted by Gasteiger charge is -2.40. The zero-order valence-corrected chi connectivity index (χ0v) is 10.4. The average molecular weight is 207 g/mol. The minimum Gasteiger partial charge on any atom is -0.311 e. The van der Waals surface area contributed by atoms with Crippen molar-refractivity contribution in [3.63, 3.8) is 0 Å². The molecule has 2 atom stereocenters. The van der Waals surface area contributed by atoms with Crippen LogP contribution in [0.4, 0.5) is 0 Å². The molecule has 0 heterocycles. The van der Waals surface area contributed by atoms with Crippen molar-refractivity contribution in [1.82, 2.24) is 5.32 Å². The summed E-state index contributed by atoms with van der Waals surface area (Å²) in [6, 6.07) is 1.49. The molecule has 0 spiro atoms. The van der Waals surface area contributed by atoms with Crippen molar-refractivity contribution in [3.05, 3.63) is 12.2 Å². The second-order valence-corrected chi connectivity index (χ2v) is 6.42. The second kappa shape index (κ2) is 4.29. The fourth-order valence-corrected chi connectivity index (χ4v) is 3.56. The van der Waals surface area contributed by atoms with Gasteiger partial charge in [0.1, 0.15) is 0 Å². The lowest BCUT2D eigenvalue weighted by atomic mass is 9.70. The Morgan fingerprint density at radius 2 is 1.73 bits per heavy atom. The molecule has 1 heteroatoms. The molecule has 0 aliphatic heterocycles. The fraction of sp³-hybridized carbons (Fsp3) is 0.857. The van der Waals surface area contributed by atoms with Crippen LogP contribution in [0.25, 0.3) is 0 Å². The molecule has 2 aliphatic rings. The van der Waals surface area contributed by atoms with Gasteiger partial charge in [0.15, 0.2) is 0 Å². The Bertz CT molecular complexity index is 234. The lowest BCUT2D eigenvalue weighted by Crippen LogP contribution is -2.44. The highest BCUT2D eigenvalue weighted by molar-refractivity contribution is 4.99. The molecule has 2 unspecified atom stereocenters. The predicted molar refractivity (Wildman–Crippen MR) is 65.9 cm³/mol. The Morgan fingerprint density at radius 3 is 2.33 bits per heavy atom. The monoisotopic (exact) mass is 207 g/mol. The third kappa shape index (κ3) is 3.07. The van der Waals surface area contributed by atoms with E-state index in [1.54, 1.807) is 0 Å². The zero-order valence-electron chi connectivity index (χ0n) is 10.4. The van der Waals surface area contributed by atoms with Gasteiger partial charge in [0, 0.05) is 12.1 Å². The summed E-state index contributed by atoms with van der Waals surface area (Å²) >= 11 is 0. The van der Waals surface area contributed by atoms with Crippen molar-refractivity contribution in [3.8, 4) is 0 Å². The van der Waals surface area contributed by atoms with Gasteiger partial charge in [-0.3, -0.25) is 0 Å². The highest BCUT2D eigenvalue weighted by Gasteiger charge is 2.32. The van der Waals surface area contributed by atoms with Crippen LogP contribution < -0.4 is 5.32 Å². The van der Waals surface area contributed by atoms with Crippen molar-refractivity contribution in [2.45, 2.75) is 65.0 Å². The van der Waals surface area contributed by atoms with Crippen molar-refractivity contribution in [1.29, 1.82) is 0 Å². The lowest BCUT2D eigenvalue weighted by molar-refractivity contribution is 0.145. The van der Waals surface area contributed by atoms with Gasteiger partial charge in [0.25, 0.3) is 0 Å². The molecule has 15 heavy (non-hydrogen) atoms. The van der Waals surface area contributed by atoms with E-state index >= 15 is 0 Å². The molecule has 0 bridgehead atoms. The van der Waals surface area contributed by atoms with Crippen LogP contribution in [0, 0.1) is 11.3 Å². The third-order valence-electron chi connectivity index (χ3n) is 3.87. The molecule has 2 aliphatic carbocycles. The van der Waals surface area contributed by atoms with Crippen LogP contribution in [0.3, 0.4) is 0 Å². The summed E-state index contributed by atoms with van der Waals surface area (Å²) in [5.41, 5.74) is 0.543. The molecule has 0 amide bonds. The molecule has 0 aromatic carbocycles. The Morgan fingerprint density at radius 1 is 1.07 bits per heavy atom. The van der Waals surface area contributed by atoms with E-state index in [1.807, 2.05) is 0 Å². The SMILES string of the molecule is CC1CC(NC2CC=CC2)CC(C)(C)C1. The Labute approximate surface area is 94.3 Å². The van der Waals surface area contributed by atoms with Crippen molar-refractivity contribution >= 4 is 0 Å². The molecule has 0 aromatic rings. The maximum absolute atomic E-state index is 3.84. The molecular formula is C14H25N. The summed E-state index contributed by atoms with van der Waals surface area (Å²) < 4.78 is 0. The van der Waals surface area contributed by atoms with Gasteiger partial charge in [-0.2, -0.15) is 0 Å². The van der Waals surface area contributed by atoms with Gasteiger partial charge in [-0.1, -0.05) is 32.9 Å².